The molecule has 0 radical (unpaired) electrons. The Labute approximate surface area is 328 Å². The summed E-state index contributed by atoms with van der Waals surface area (Å²) in [7, 11) is -1.90. The maximum absolute atomic E-state index is 12.2. The van der Waals surface area contributed by atoms with E-state index in [0.29, 0.717) is 26.1 Å². The van der Waals surface area contributed by atoms with Crippen LogP contribution in [0.4, 0.5) is 9.59 Å². The Hall–Kier alpha value is -0.196. The lowest BCUT2D eigenvalue weighted by atomic mass is 10.2. The maximum Gasteiger partial charge on any atom is 0.410 e. The van der Waals surface area contributed by atoms with Crippen molar-refractivity contribution in [3.05, 3.63) is 25.3 Å². The van der Waals surface area contributed by atoms with Crippen LogP contribution in [0, 0.1) is 0 Å². The van der Waals surface area contributed by atoms with E-state index >= 15 is 0 Å². The Morgan fingerprint density at radius 1 is 0.729 bits per heavy atom. The molecule has 0 saturated carbocycles. The summed E-state index contributed by atoms with van der Waals surface area (Å²) in [6.07, 6.45) is 4.22. The minimum atomic E-state index is -1.84. The molecule has 0 rings (SSSR count). The molecule has 48 heavy (non-hydrogen) atoms. The van der Waals surface area contributed by atoms with Crippen molar-refractivity contribution in [2.75, 3.05) is 25.2 Å². The van der Waals surface area contributed by atoms with Crippen molar-refractivity contribution in [2.45, 2.75) is 163 Å². The predicted octanol–water partition coefficient (Wildman–Crippen LogP) is 11.2. The van der Waals surface area contributed by atoms with E-state index in [1.807, 2.05) is 52.5 Å². The summed E-state index contributed by atoms with van der Waals surface area (Å²) in [4.78, 5) is 27.7. The molecule has 13 heteroatoms. The van der Waals surface area contributed by atoms with Crippen molar-refractivity contribution in [3.8, 4) is 0 Å². The molecule has 0 bridgehead atoms. The molecule has 1 N–H and O–H groups in total. The fraction of sp³-hybridized carbons (Fsp3) is 0.829. The molecule has 0 aromatic rings. The zero-order chi connectivity index (χ0) is 36.7. The number of halogens is 1. The van der Waals surface area contributed by atoms with Crippen LogP contribution in [0.15, 0.2) is 25.3 Å². The van der Waals surface area contributed by atoms with Gasteiger partial charge in [0, 0.05) is 7.05 Å². The van der Waals surface area contributed by atoms with Crippen LogP contribution in [-0.2, 0) is 18.3 Å². The van der Waals surface area contributed by atoms with E-state index in [-0.39, 0.29) is 62.7 Å². The highest BCUT2D eigenvalue weighted by molar-refractivity contribution is 14.1. The van der Waals surface area contributed by atoms with Crippen molar-refractivity contribution in [1.29, 1.82) is 0 Å². The Morgan fingerprint density at radius 3 is 1.40 bits per heavy atom. The third-order valence-electron chi connectivity index (χ3n) is 7.73. The molecular weight excluding hydrogens is 792 g/mol. The molecule has 0 heterocycles. The van der Waals surface area contributed by atoms with Crippen LogP contribution in [0.5, 0.6) is 0 Å². The second-order valence-electron chi connectivity index (χ2n) is 16.3. The smallest absolute Gasteiger partial charge is 0.410 e. The first-order chi connectivity index (χ1) is 20.0. The number of likely N-dealkylation sites (N-methyl/N-ethyl adjacent to an activating group) is 1. The molecule has 292 valence electrons. The van der Waals surface area contributed by atoms with E-state index < -0.39 is 33.9 Å². The van der Waals surface area contributed by atoms with Crippen molar-refractivity contribution >= 4 is 78.4 Å². The quantitative estimate of drug-likeness (QED) is 0.0910. The van der Waals surface area contributed by atoms with Crippen LogP contribution in [0.25, 0.3) is 0 Å². The van der Waals surface area contributed by atoms with Gasteiger partial charge in [0.05, 0.1) is 25.3 Å². The first-order valence-electron chi connectivity index (χ1n) is 15.8. The van der Waals surface area contributed by atoms with E-state index in [1.54, 1.807) is 18.0 Å². The summed E-state index contributed by atoms with van der Waals surface area (Å²) in [5.74, 6) is 0. The van der Waals surface area contributed by atoms with Crippen molar-refractivity contribution in [2.24, 2.45) is 0 Å². The summed E-state index contributed by atoms with van der Waals surface area (Å²) >= 11 is 2.15. The summed E-state index contributed by atoms with van der Waals surface area (Å²) in [6, 6.07) is -0.159. The van der Waals surface area contributed by atoms with Gasteiger partial charge in [0.15, 0.2) is 16.6 Å². The molecule has 0 aliphatic heterocycles. The van der Waals surface area contributed by atoms with E-state index in [4.69, 9.17) is 18.3 Å². The number of nitrogens with zero attached hydrogens (tertiary/aromatic N) is 1. The zero-order valence-corrected chi connectivity index (χ0v) is 39.5. The third kappa shape index (κ3) is 27.5. The average Bonchev–Trinajstić information content (AvgIpc) is 2.83. The minimum absolute atomic E-state index is 0. The first-order valence-corrected chi connectivity index (χ1v) is 23.8. The number of carbonyl (C=O) groups excluding carboxylic acids is 2. The molecule has 0 saturated heterocycles. The zero-order valence-electron chi connectivity index (χ0n) is 33.3. The van der Waals surface area contributed by atoms with E-state index in [1.165, 1.54) is 0 Å². The second-order valence-corrected chi connectivity index (χ2v) is 25.9. The van der Waals surface area contributed by atoms with Crippen LogP contribution < -0.4 is 5.32 Å². The van der Waals surface area contributed by atoms with Gasteiger partial charge in [-0.1, -0.05) is 83.7 Å². The SMILES string of the molecule is C.C=CC[C@@H](CO[Si](C)(C)C(C)(C)C)N(C)C(=O)OC(C)(C)C.C=CC[C@@H](CO[Si](C)(C)C(C)(C)C)NC(=O)OC(C)(C)C.CI.S.S. The van der Waals surface area contributed by atoms with Crippen LogP contribution in [0.2, 0.25) is 36.3 Å². The van der Waals surface area contributed by atoms with E-state index in [2.05, 4.69) is 109 Å². The maximum atomic E-state index is 12.2. The highest BCUT2D eigenvalue weighted by Crippen LogP contribution is 2.37. The van der Waals surface area contributed by atoms with Gasteiger partial charge in [0.25, 0.3) is 0 Å². The number of amides is 2. The molecule has 0 fully saturated rings. The summed E-state index contributed by atoms with van der Waals surface area (Å²) in [5.41, 5.74) is -0.993. The van der Waals surface area contributed by atoms with Gasteiger partial charge in [-0.25, -0.2) is 9.59 Å². The molecular formula is C35H79IN2O6S2Si2. The van der Waals surface area contributed by atoms with E-state index in [0.717, 1.165) is 0 Å². The lowest BCUT2D eigenvalue weighted by Gasteiger charge is -2.38. The summed E-state index contributed by atoms with van der Waals surface area (Å²) in [5, 5.41) is 3.16. The molecule has 0 aliphatic carbocycles. The summed E-state index contributed by atoms with van der Waals surface area (Å²) in [6.45, 7) is 41.7. The van der Waals surface area contributed by atoms with Gasteiger partial charge < -0.3 is 28.5 Å². The number of alkyl carbamates (subject to hydrolysis) is 1. The average molecular weight is 871 g/mol. The number of rotatable bonds is 12. The van der Waals surface area contributed by atoms with E-state index in [9.17, 15) is 9.59 Å². The van der Waals surface area contributed by atoms with Crippen LogP contribution in [-0.4, -0.2) is 82.2 Å². The van der Waals surface area contributed by atoms with Crippen molar-refractivity contribution in [3.63, 3.8) is 0 Å². The summed E-state index contributed by atoms with van der Waals surface area (Å²) < 4.78 is 23.1. The van der Waals surface area contributed by atoms with Gasteiger partial charge >= 0.3 is 12.2 Å². The Kier molecular flexibility index (Phi) is 32.1. The molecule has 2 atom stereocenters. The lowest BCUT2D eigenvalue weighted by Crippen LogP contribution is -2.47. The topological polar surface area (TPSA) is 86.3 Å². The largest absolute Gasteiger partial charge is 0.444 e. The number of nitrogens with one attached hydrogen (secondary N) is 1. The first kappa shape index (κ1) is 59.9. The second kappa shape index (κ2) is 25.7. The van der Waals surface area contributed by atoms with Crippen LogP contribution in [0.1, 0.15) is 103 Å². The van der Waals surface area contributed by atoms with Crippen LogP contribution in [0.3, 0.4) is 0 Å². The number of ether oxygens (including phenoxy) is 2. The molecule has 0 aliphatic rings. The normalized spacial score (nSPS) is 13.1. The van der Waals surface area contributed by atoms with Crippen molar-refractivity contribution in [1.82, 2.24) is 10.2 Å². The minimum Gasteiger partial charge on any atom is -0.444 e. The van der Waals surface area contributed by atoms with Gasteiger partial charge in [-0.3, -0.25) is 0 Å². The standard InChI is InChI=1S/C17H35NO3Si.C16H33NO3Si.CH3I.CH4.2H2S/c1-11-12-14(13-20-22(9,10)17(5,6)7)18(8)15(19)21-16(2,3)4;1-10-11-13(17-14(18)20-15(2,3)4)12-19-21(8,9)16(5,6)7;1-2;;;/h11,14H,1,12-13H2,2-10H3;10,13H,1,11-12H2,2-9H3,(H,17,18);1H3;1H4;2*1H2/t14-;13-;;;;/m00..../s1. The molecule has 0 unspecified atom stereocenters. The molecule has 0 aromatic carbocycles. The number of alkyl halides is 1. The fourth-order valence-corrected chi connectivity index (χ4v) is 5.00. The molecule has 2 amide bonds. The Bertz CT molecular complexity index is 897. The predicted molar refractivity (Wildman–Crippen MR) is 234 cm³/mol. The van der Waals surface area contributed by atoms with Gasteiger partial charge in [-0.15, -0.1) is 13.2 Å². The monoisotopic (exact) mass is 870 g/mol. The van der Waals surface area contributed by atoms with Gasteiger partial charge in [0.2, 0.25) is 0 Å². The Balaban J connectivity index is -0.000000165. The third-order valence-corrected chi connectivity index (χ3v) is 16.7. The van der Waals surface area contributed by atoms with Gasteiger partial charge in [-0.05, 0) is 95.6 Å². The fourth-order valence-electron chi connectivity index (χ4n) is 2.90. The molecule has 0 aromatic heterocycles. The molecule has 8 nitrogen and oxygen atoms in total. The number of hydrogen-bond acceptors (Lipinski definition) is 6. The lowest BCUT2D eigenvalue weighted by molar-refractivity contribution is 0.0172. The Morgan fingerprint density at radius 2 is 1.08 bits per heavy atom. The number of hydrogen-bond donors (Lipinski definition) is 1. The van der Waals surface area contributed by atoms with Gasteiger partial charge in [0.1, 0.15) is 11.2 Å². The highest BCUT2D eigenvalue weighted by atomic mass is 127. The molecule has 0 spiro atoms. The van der Waals surface area contributed by atoms with Crippen molar-refractivity contribution < 1.29 is 27.9 Å². The number of carbonyl (C=O) groups is 2. The highest BCUT2D eigenvalue weighted by Gasteiger charge is 2.39. The van der Waals surface area contributed by atoms with Gasteiger partial charge in [-0.2, -0.15) is 27.0 Å². The van der Waals surface area contributed by atoms with Crippen LogP contribution >= 0.6 is 49.6 Å².